The van der Waals surface area contributed by atoms with Gasteiger partial charge in [0, 0.05) is 0 Å². The van der Waals surface area contributed by atoms with Gasteiger partial charge in [0.2, 0.25) is 0 Å². The normalized spacial score (nSPS) is 10.3. The molecule has 0 aliphatic heterocycles. The Morgan fingerprint density at radius 3 is 1.71 bits per heavy atom. The molecule has 0 saturated heterocycles. The van der Waals surface area contributed by atoms with Crippen molar-refractivity contribution in [1.82, 2.24) is 0 Å². The van der Waals surface area contributed by atoms with Crippen LogP contribution in [0.1, 0.15) is 33.6 Å². The molecule has 0 aromatic rings. The van der Waals surface area contributed by atoms with Crippen molar-refractivity contribution >= 4 is 0 Å². The lowest BCUT2D eigenvalue weighted by molar-refractivity contribution is 0.566. The van der Waals surface area contributed by atoms with Crippen molar-refractivity contribution in [3.63, 3.8) is 0 Å². The minimum atomic E-state index is 0.736. The van der Waals surface area contributed by atoms with Crippen molar-refractivity contribution < 1.29 is 0 Å². The smallest absolute Gasteiger partial charge is 0.0174 e. The lowest BCUT2D eigenvalue weighted by Crippen LogP contribution is -1.92. The predicted octanol–water partition coefficient (Wildman–Crippen LogP) is 2.52. The van der Waals surface area contributed by atoms with Gasteiger partial charge in [0.1, 0.15) is 0 Å². The van der Waals surface area contributed by atoms with Crippen molar-refractivity contribution in [2.24, 2.45) is 5.92 Å². The van der Waals surface area contributed by atoms with Crippen LogP contribution in [0.2, 0.25) is 0 Å². The van der Waals surface area contributed by atoms with Crippen LogP contribution in [0.25, 0.3) is 0 Å². The molecule has 0 bridgehead atoms. The van der Waals surface area contributed by atoms with Gasteiger partial charge in [-0.1, -0.05) is 33.6 Å². The van der Waals surface area contributed by atoms with Crippen molar-refractivity contribution in [3.8, 4) is 0 Å². The molecule has 0 saturated carbocycles. The molecule has 42 valence electrons. The van der Waals surface area contributed by atoms with Gasteiger partial charge in [-0.05, 0) is 12.3 Å². The molecule has 0 amide bonds. The zero-order valence-corrected chi connectivity index (χ0v) is 5.49. The highest BCUT2D eigenvalue weighted by molar-refractivity contribution is 4.66. The van der Waals surface area contributed by atoms with Crippen molar-refractivity contribution in [2.75, 3.05) is 0 Å². The van der Waals surface area contributed by atoms with E-state index in [-0.39, 0.29) is 0 Å². The highest BCUT2D eigenvalue weighted by Gasteiger charge is 1.96. The van der Waals surface area contributed by atoms with Gasteiger partial charge in [-0.2, -0.15) is 0 Å². The Kier molecular flexibility index (Phi) is 4.17. The number of hydrogen-bond donors (Lipinski definition) is 0. The van der Waals surface area contributed by atoms with E-state index in [2.05, 4.69) is 20.3 Å². The van der Waals surface area contributed by atoms with Crippen molar-refractivity contribution in [1.29, 1.82) is 0 Å². The van der Waals surface area contributed by atoms with E-state index in [0.29, 0.717) is 0 Å². The second-order valence-electron chi connectivity index (χ2n) is 1.80. The minimum absolute atomic E-state index is 0.736. The first-order valence-corrected chi connectivity index (χ1v) is 3.02. The Balaban J connectivity index is 2.99. The fraction of sp³-hybridized carbons (Fsp3) is 0.857. The molecular weight excluding hydrogens is 84.1 g/mol. The van der Waals surface area contributed by atoms with Crippen molar-refractivity contribution in [2.45, 2.75) is 33.6 Å². The molecule has 0 aliphatic carbocycles. The van der Waals surface area contributed by atoms with Crippen LogP contribution in [0.5, 0.6) is 0 Å². The molecule has 0 heterocycles. The summed E-state index contributed by atoms with van der Waals surface area (Å²) in [7, 11) is 0. The standard InChI is InChI=1S/C7H14/c1-4-7(5-2)6-3/h7H,4-5H2,1-3H3. The molecule has 0 unspecified atom stereocenters. The lowest BCUT2D eigenvalue weighted by Gasteiger charge is -2.04. The van der Waals surface area contributed by atoms with E-state index in [1.165, 1.54) is 12.8 Å². The average molecular weight is 98.2 g/mol. The van der Waals surface area contributed by atoms with Crippen LogP contribution in [0.3, 0.4) is 0 Å². The topological polar surface area (TPSA) is 0 Å². The van der Waals surface area contributed by atoms with E-state index < -0.39 is 0 Å². The third-order valence-corrected chi connectivity index (χ3v) is 1.39. The second-order valence-corrected chi connectivity index (χ2v) is 1.80. The Labute approximate surface area is 46.9 Å². The SMILES string of the molecule is C[C]C(CC)CC. The molecule has 0 N–H and O–H groups in total. The Morgan fingerprint density at radius 2 is 1.71 bits per heavy atom. The largest absolute Gasteiger partial charge is 0.0651 e. The van der Waals surface area contributed by atoms with E-state index in [1.807, 2.05) is 6.92 Å². The summed E-state index contributed by atoms with van der Waals surface area (Å²) in [4.78, 5) is 0. The third kappa shape index (κ3) is 2.67. The summed E-state index contributed by atoms with van der Waals surface area (Å²) < 4.78 is 0. The molecule has 0 aromatic carbocycles. The molecule has 0 heteroatoms. The predicted molar refractivity (Wildman–Crippen MR) is 33.0 cm³/mol. The van der Waals surface area contributed by atoms with Crippen LogP contribution in [-0.2, 0) is 0 Å². The summed E-state index contributed by atoms with van der Waals surface area (Å²) in [5, 5.41) is 0. The highest BCUT2D eigenvalue weighted by Crippen LogP contribution is 2.08. The summed E-state index contributed by atoms with van der Waals surface area (Å²) in [6.45, 7) is 6.41. The van der Waals surface area contributed by atoms with E-state index in [1.54, 1.807) is 0 Å². The van der Waals surface area contributed by atoms with Crippen LogP contribution >= 0.6 is 0 Å². The summed E-state index contributed by atoms with van der Waals surface area (Å²) in [6, 6.07) is 0. The quantitative estimate of drug-likeness (QED) is 0.509. The van der Waals surface area contributed by atoms with Crippen LogP contribution in [0.4, 0.5) is 0 Å². The van der Waals surface area contributed by atoms with Gasteiger partial charge < -0.3 is 0 Å². The maximum Gasteiger partial charge on any atom is -0.0174 e. The van der Waals surface area contributed by atoms with Gasteiger partial charge >= 0.3 is 0 Å². The van der Waals surface area contributed by atoms with Crippen LogP contribution < -0.4 is 0 Å². The van der Waals surface area contributed by atoms with Crippen LogP contribution in [-0.4, -0.2) is 0 Å². The molecule has 0 aromatic heterocycles. The second kappa shape index (κ2) is 4.17. The molecule has 0 fully saturated rings. The maximum atomic E-state index is 3.20. The Hall–Kier alpha value is 0. The van der Waals surface area contributed by atoms with Gasteiger partial charge in [-0.15, -0.1) is 0 Å². The maximum absolute atomic E-state index is 3.20. The fourth-order valence-electron chi connectivity index (χ4n) is 0.697. The van der Waals surface area contributed by atoms with E-state index in [9.17, 15) is 0 Å². The summed E-state index contributed by atoms with van der Waals surface area (Å²) >= 11 is 0. The molecule has 0 rings (SSSR count). The zero-order valence-electron chi connectivity index (χ0n) is 5.49. The Bertz CT molecular complexity index is 21.5. The molecule has 0 spiro atoms. The molecule has 7 heavy (non-hydrogen) atoms. The summed E-state index contributed by atoms with van der Waals surface area (Å²) in [6.07, 6.45) is 5.69. The van der Waals surface area contributed by atoms with Gasteiger partial charge in [0.25, 0.3) is 0 Å². The first-order chi connectivity index (χ1) is 3.35. The number of hydrogen-bond acceptors (Lipinski definition) is 0. The van der Waals surface area contributed by atoms with Gasteiger partial charge in [-0.25, -0.2) is 0 Å². The molecule has 0 aliphatic rings. The summed E-state index contributed by atoms with van der Waals surface area (Å²) in [5.41, 5.74) is 0. The zero-order chi connectivity index (χ0) is 5.70. The van der Waals surface area contributed by atoms with Crippen LogP contribution in [0.15, 0.2) is 0 Å². The van der Waals surface area contributed by atoms with Crippen molar-refractivity contribution in [3.05, 3.63) is 6.42 Å². The first kappa shape index (κ1) is 7.00. The Morgan fingerprint density at radius 1 is 1.29 bits per heavy atom. The fourth-order valence-corrected chi connectivity index (χ4v) is 0.697. The summed E-state index contributed by atoms with van der Waals surface area (Å²) in [5.74, 6) is 0.736. The van der Waals surface area contributed by atoms with E-state index >= 15 is 0 Å². The third-order valence-electron chi connectivity index (χ3n) is 1.39. The van der Waals surface area contributed by atoms with Gasteiger partial charge in [0.15, 0.2) is 0 Å². The van der Waals surface area contributed by atoms with Gasteiger partial charge in [0.05, 0.1) is 0 Å². The molecular formula is C7H14. The molecule has 2 radical (unpaired) electrons. The minimum Gasteiger partial charge on any atom is -0.0651 e. The molecule has 0 nitrogen and oxygen atoms in total. The lowest BCUT2D eigenvalue weighted by atomic mass is 10.0. The van der Waals surface area contributed by atoms with Gasteiger partial charge in [-0.3, -0.25) is 0 Å². The number of rotatable bonds is 3. The monoisotopic (exact) mass is 98.1 g/mol. The highest BCUT2D eigenvalue weighted by atomic mass is 14.0. The van der Waals surface area contributed by atoms with Crippen LogP contribution in [0, 0.1) is 12.3 Å². The molecule has 0 atom stereocenters. The van der Waals surface area contributed by atoms with E-state index in [0.717, 1.165) is 5.92 Å². The average Bonchev–Trinajstić information content (AvgIpc) is 1.72. The van der Waals surface area contributed by atoms with E-state index in [4.69, 9.17) is 0 Å². The first-order valence-electron chi connectivity index (χ1n) is 3.02.